The molecule has 0 saturated carbocycles. The molecule has 0 unspecified atom stereocenters. The molecule has 0 N–H and O–H groups in total. The molecule has 110 valence electrons. The predicted octanol–water partition coefficient (Wildman–Crippen LogP) is 4.44. The van der Waals surface area contributed by atoms with Gasteiger partial charge in [-0.3, -0.25) is 10.1 Å². The summed E-state index contributed by atoms with van der Waals surface area (Å²) in [6, 6.07) is 9.76. The topological polar surface area (TPSA) is 61.6 Å². The fourth-order valence-corrected chi connectivity index (χ4v) is 2.05. The Hall–Kier alpha value is -2.27. The van der Waals surface area contributed by atoms with E-state index in [1.165, 1.54) is 25.3 Å². The summed E-state index contributed by atoms with van der Waals surface area (Å²) in [5.41, 5.74) is 1.81. The number of alkyl halides is 1. The van der Waals surface area contributed by atoms with E-state index in [2.05, 4.69) is 0 Å². The molecule has 6 heteroatoms. The second-order valence-electron chi connectivity index (χ2n) is 4.43. The molecule has 0 aliphatic carbocycles. The van der Waals surface area contributed by atoms with Crippen molar-refractivity contribution in [3.05, 3.63) is 57.6 Å². The van der Waals surface area contributed by atoms with Crippen LogP contribution in [0.25, 0.3) is 0 Å². The Morgan fingerprint density at radius 1 is 1.14 bits per heavy atom. The molecule has 0 radical (unpaired) electrons. The first-order valence-electron chi connectivity index (χ1n) is 6.21. The fourth-order valence-electron chi connectivity index (χ4n) is 1.89. The highest BCUT2D eigenvalue weighted by Gasteiger charge is 2.14. The first-order chi connectivity index (χ1) is 10.0. The molecule has 5 nitrogen and oxygen atoms in total. The third kappa shape index (κ3) is 3.44. The molecular weight excluding hydrogens is 294 g/mol. The normalized spacial score (nSPS) is 10.2. The number of aryl methyl sites for hydroxylation is 1. The molecule has 0 heterocycles. The molecule has 0 saturated heterocycles. The number of benzene rings is 2. The van der Waals surface area contributed by atoms with Crippen molar-refractivity contribution in [3.63, 3.8) is 0 Å². The molecule has 0 spiro atoms. The Morgan fingerprint density at radius 3 is 2.43 bits per heavy atom. The largest absolute Gasteiger partial charge is 0.493 e. The van der Waals surface area contributed by atoms with E-state index in [1.807, 2.05) is 19.1 Å². The SMILES string of the molecule is COc1ccc([N+](=O)[O-])cc1Oc1ccc(CCl)cc1C. The van der Waals surface area contributed by atoms with Gasteiger partial charge in [0, 0.05) is 11.9 Å². The number of ether oxygens (including phenoxy) is 2. The Labute approximate surface area is 127 Å². The Kier molecular flexibility index (Phi) is 4.65. The van der Waals surface area contributed by atoms with Crippen molar-refractivity contribution in [1.82, 2.24) is 0 Å². The molecule has 2 aromatic carbocycles. The maximum atomic E-state index is 10.9. The third-order valence-electron chi connectivity index (χ3n) is 2.97. The molecule has 0 bridgehead atoms. The molecule has 0 aromatic heterocycles. The van der Waals surface area contributed by atoms with Gasteiger partial charge in [-0.1, -0.05) is 12.1 Å². The van der Waals surface area contributed by atoms with Gasteiger partial charge in [0.2, 0.25) is 0 Å². The standard InChI is InChI=1S/C15H14ClNO4/c1-10-7-11(9-16)3-5-13(10)21-15-8-12(17(18)19)4-6-14(15)20-2/h3-8H,9H2,1-2H3. The minimum atomic E-state index is -0.476. The first-order valence-corrected chi connectivity index (χ1v) is 6.74. The maximum absolute atomic E-state index is 10.9. The number of nitro benzene ring substituents is 1. The Balaban J connectivity index is 2.38. The number of hydrogen-bond acceptors (Lipinski definition) is 4. The number of methoxy groups -OCH3 is 1. The number of non-ortho nitro benzene ring substituents is 1. The predicted molar refractivity (Wildman–Crippen MR) is 80.5 cm³/mol. The third-order valence-corrected chi connectivity index (χ3v) is 3.28. The quantitative estimate of drug-likeness (QED) is 0.465. The van der Waals surface area contributed by atoms with Crippen molar-refractivity contribution in [2.24, 2.45) is 0 Å². The van der Waals surface area contributed by atoms with Crippen LogP contribution in [-0.2, 0) is 5.88 Å². The molecule has 0 amide bonds. The summed E-state index contributed by atoms with van der Waals surface area (Å²) in [7, 11) is 1.48. The minimum Gasteiger partial charge on any atom is -0.493 e. The van der Waals surface area contributed by atoms with Crippen LogP contribution in [0.15, 0.2) is 36.4 Å². The lowest BCUT2D eigenvalue weighted by atomic mass is 10.1. The average Bonchev–Trinajstić information content (AvgIpc) is 2.49. The maximum Gasteiger partial charge on any atom is 0.273 e. The number of nitro groups is 1. The smallest absolute Gasteiger partial charge is 0.273 e. The molecule has 2 rings (SSSR count). The van der Waals surface area contributed by atoms with E-state index in [0.717, 1.165) is 11.1 Å². The van der Waals surface area contributed by atoms with Crippen molar-refractivity contribution in [3.8, 4) is 17.2 Å². The summed E-state index contributed by atoms with van der Waals surface area (Å²) < 4.78 is 10.9. The minimum absolute atomic E-state index is 0.0548. The summed E-state index contributed by atoms with van der Waals surface area (Å²) in [6.45, 7) is 1.88. The number of halogens is 1. The van der Waals surface area contributed by atoms with E-state index in [4.69, 9.17) is 21.1 Å². The van der Waals surface area contributed by atoms with Gasteiger partial charge in [0.1, 0.15) is 5.75 Å². The van der Waals surface area contributed by atoms with Gasteiger partial charge in [-0.25, -0.2) is 0 Å². The van der Waals surface area contributed by atoms with E-state index in [1.54, 1.807) is 6.07 Å². The second kappa shape index (κ2) is 6.45. The summed E-state index contributed by atoms with van der Waals surface area (Å²) >= 11 is 5.78. The lowest BCUT2D eigenvalue weighted by molar-refractivity contribution is -0.384. The summed E-state index contributed by atoms with van der Waals surface area (Å²) in [5.74, 6) is 1.75. The highest BCUT2D eigenvalue weighted by Crippen LogP contribution is 2.36. The van der Waals surface area contributed by atoms with E-state index >= 15 is 0 Å². The zero-order valence-electron chi connectivity index (χ0n) is 11.6. The van der Waals surface area contributed by atoms with Crippen LogP contribution < -0.4 is 9.47 Å². The highest BCUT2D eigenvalue weighted by atomic mass is 35.5. The van der Waals surface area contributed by atoms with Crippen molar-refractivity contribution in [2.75, 3.05) is 7.11 Å². The van der Waals surface area contributed by atoms with Crippen LogP contribution in [0.1, 0.15) is 11.1 Å². The van der Waals surface area contributed by atoms with Gasteiger partial charge >= 0.3 is 0 Å². The van der Waals surface area contributed by atoms with Crippen LogP contribution in [-0.4, -0.2) is 12.0 Å². The van der Waals surface area contributed by atoms with Crippen LogP contribution in [0, 0.1) is 17.0 Å². The van der Waals surface area contributed by atoms with E-state index < -0.39 is 4.92 Å². The molecule has 0 fully saturated rings. The molecule has 0 aliphatic heterocycles. The van der Waals surface area contributed by atoms with Gasteiger partial charge in [-0.2, -0.15) is 0 Å². The van der Waals surface area contributed by atoms with Gasteiger partial charge in [0.25, 0.3) is 5.69 Å². The molecular formula is C15H14ClNO4. The van der Waals surface area contributed by atoms with Crippen LogP contribution in [0.3, 0.4) is 0 Å². The monoisotopic (exact) mass is 307 g/mol. The van der Waals surface area contributed by atoms with Gasteiger partial charge < -0.3 is 9.47 Å². The van der Waals surface area contributed by atoms with Gasteiger partial charge in [0.05, 0.1) is 18.1 Å². The fraction of sp³-hybridized carbons (Fsp3) is 0.200. The van der Waals surface area contributed by atoms with E-state index in [0.29, 0.717) is 23.1 Å². The van der Waals surface area contributed by atoms with Crippen LogP contribution >= 0.6 is 11.6 Å². The van der Waals surface area contributed by atoms with Gasteiger partial charge in [-0.05, 0) is 30.2 Å². The number of nitrogens with zero attached hydrogens (tertiary/aromatic N) is 1. The van der Waals surface area contributed by atoms with Crippen LogP contribution in [0.2, 0.25) is 0 Å². The van der Waals surface area contributed by atoms with E-state index in [9.17, 15) is 10.1 Å². The zero-order valence-corrected chi connectivity index (χ0v) is 12.4. The number of hydrogen-bond donors (Lipinski definition) is 0. The Bertz CT molecular complexity index is 673. The molecule has 21 heavy (non-hydrogen) atoms. The number of rotatable bonds is 5. The Morgan fingerprint density at radius 2 is 1.86 bits per heavy atom. The highest BCUT2D eigenvalue weighted by molar-refractivity contribution is 6.17. The lowest BCUT2D eigenvalue weighted by Gasteiger charge is -2.12. The molecule has 2 aromatic rings. The van der Waals surface area contributed by atoms with Gasteiger partial charge in [0.15, 0.2) is 11.5 Å². The summed E-state index contributed by atoms with van der Waals surface area (Å²) in [5, 5.41) is 10.9. The van der Waals surface area contributed by atoms with Crippen molar-refractivity contribution < 1.29 is 14.4 Å². The van der Waals surface area contributed by atoms with Crippen LogP contribution in [0.4, 0.5) is 5.69 Å². The van der Waals surface area contributed by atoms with Crippen molar-refractivity contribution in [1.29, 1.82) is 0 Å². The molecule has 0 atom stereocenters. The average molecular weight is 308 g/mol. The second-order valence-corrected chi connectivity index (χ2v) is 4.70. The van der Waals surface area contributed by atoms with Crippen molar-refractivity contribution in [2.45, 2.75) is 12.8 Å². The summed E-state index contributed by atoms with van der Waals surface area (Å²) in [4.78, 5) is 10.4. The van der Waals surface area contributed by atoms with E-state index in [-0.39, 0.29) is 5.69 Å². The van der Waals surface area contributed by atoms with Gasteiger partial charge in [-0.15, -0.1) is 11.6 Å². The first kappa shape index (κ1) is 15.1. The zero-order chi connectivity index (χ0) is 15.4. The summed E-state index contributed by atoms with van der Waals surface area (Å²) in [6.07, 6.45) is 0. The lowest BCUT2D eigenvalue weighted by Crippen LogP contribution is -1.95. The van der Waals surface area contributed by atoms with Crippen LogP contribution in [0.5, 0.6) is 17.2 Å². The van der Waals surface area contributed by atoms with Crippen molar-refractivity contribution >= 4 is 17.3 Å². The molecule has 0 aliphatic rings.